The zero-order chi connectivity index (χ0) is 18.5. The van der Waals surface area contributed by atoms with Crippen molar-refractivity contribution in [1.29, 1.82) is 0 Å². The molecule has 0 aliphatic heterocycles. The van der Waals surface area contributed by atoms with Gasteiger partial charge in [-0.1, -0.05) is 66.7 Å². The fourth-order valence-corrected chi connectivity index (χ4v) is 7.88. The third kappa shape index (κ3) is 4.02. The van der Waals surface area contributed by atoms with E-state index < -0.39 is 7.26 Å². The summed E-state index contributed by atoms with van der Waals surface area (Å²) in [6.45, 7) is 0. The normalized spacial score (nSPS) is 10.9. The van der Waals surface area contributed by atoms with E-state index in [4.69, 9.17) is 0 Å². The zero-order valence-electron chi connectivity index (χ0n) is 15.4. The summed E-state index contributed by atoms with van der Waals surface area (Å²) >= 11 is 0. The van der Waals surface area contributed by atoms with Crippen LogP contribution in [0.5, 0.6) is 0 Å². The molecule has 0 saturated carbocycles. The van der Waals surface area contributed by atoms with Crippen LogP contribution in [0.1, 0.15) is 5.56 Å². The first-order valence-electron chi connectivity index (χ1n) is 9.08. The Balaban J connectivity index is 0.00000225. The molecule has 0 heterocycles. The second-order valence-corrected chi connectivity index (χ2v) is 10.1. The lowest BCUT2D eigenvalue weighted by Gasteiger charge is -2.27. The predicted octanol–water partition coefficient (Wildman–Crippen LogP) is 2.32. The predicted molar refractivity (Wildman–Crippen MR) is 115 cm³/mol. The van der Waals surface area contributed by atoms with Crippen LogP contribution in [0.3, 0.4) is 0 Å². The summed E-state index contributed by atoms with van der Waals surface area (Å²) in [4.78, 5) is 0. The SMILES string of the molecule is Fc1ccc(C[P+](c2ccccc2)(c2ccccc2)c2ccccc2)cc1.[Cl-]. The highest BCUT2D eigenvalue weighted by atomic mass is 35.5. The quantitative estimate of drug-likeness (QED) is 0.446. The first kappa shape index (κ1) is 20.3. The van der Waals surface area contributed by atoms with Gasteiger partial charge in [-0.2, -0.15) is 0 Å². The molecule has 0 nitrogen and oxygen atoms in total. The van der Waals surface area contributed by atoms with Gasteiger partial charge in [0, 0.05) is 0 Å². The van der Waals surface area contributed by atoms with Crippen molar-refractivity contribution in [3.05, 3.63) is 127 Å². The Morgan fingerprint density at radius 3 is 1.21 bits per heavy atom. The third-order valence-corrected chi connectivity index (χ3v) is 9.30. The molecule has 0 fully saturated rings. The van der Waals surface area contributed by atoms with Gasteiger partial charge in [-0.05, 0) is 54.1 Å². The van der Waals surface area contributed by atoms with E-state index in [1.807, 2.05) is 12.1 Å². The summed E-state index contributed by atoms with van der Waals surface area (Å²) in [7, 11) is -1.91. The van der Waals surface area contributed by atoms with Crippen LogP contribution in [0.2, 0.25) is 0 Å². The second kappa shape index (κ2) is 9.15. The largest absolute Gasteiger partial charge is 1.00 e. The van der Waals surface area contributed by atoms with Crippen LogP contribution in [0.15, 0.2) is 115 Å². The van der Waals surface area contributed by atoms with E-state index in [0.717, 1.165) is 11.7 Å². The maximum Gasteiger partial charge on any atom is 0.123 e. The minimum absolute atomic E-state index is 0. The van der Waals surface area contributed by atoms with Crippen LogP contribution >= 0.6 is 7.26 Å². The maximum atomic E-state index is 13.5. The van der Waals surface area contributed by atoms with Crippen molar-refractivity contribution >= 4 is 23.2 Å². The molecule has 0 saturated heterocycles. The maximum absolute atomic E-state index is 13.5. The number of hydrogen-bond acceptors (Lipinski definition) is 0. The van der Waals surface area contributed by atoms with Crippen LogP contribution in [-0.4, -0.2) is 0 Å². The van der Waals surface area contributed by atoms with Crippen molar-refractivity contribution < 1.29 is 16.8 Å². The Bertz CT molecular complexity index is 890. The fourth-order valence-electron chi connectivity index (χ4n) is 3.63. The first-order chi connectivity index (χ1) is 13.3. The van der Waals surface area contributed by atoms with Gasteiger partial charge in [-0.15, -0.1) is 0 Å². The van der Waals surface area contributed by atoms with Crippen LogP contribution in [-0.2, 0) is 6.16 Å². The highest BCUT2D eigenvalue weighted by Gasteiger charge is 2.45. The molecule has 0 spiro atoms. The lowest BCUT2D eigenvalue weighted by atomic mass is 10.2. The lowest BCUT2D eigenvalue weighted by molar-refractivity contribution is -0.00000585. The Hall–Kier alpha value is -2.47. The van der Waals surface area contributed by atoms with Gasteiger partial charge in [0.25, 0.3) is 0 Å². The summed E-state index contributed by atoms with van der Waals surface area (Å²) in [6, 6.07) is 39.2. The molecule has 0 aliphatic rings. The molecule has 0 atom stereocenters. The summed E-state index contributed by atoms with van der Waals surface area (Å²) in [5.41, 5.74) is 1.15. The van der Waals surface area contributed by atoms with Gasteiger partial charge < -0.3 is 12.4 Å². The van der Waals surface area contributed by atoms with Gasteiger partial charge in [0.2, 0.25) is 0 Å². The highest BCUT2D eigenvalue weighted by Crippen LogP contribution is 2.58. The van der Waals surface area contributed by atoms with E-state index in [0.29, 0.717) is 0 Å². The molecule has 28 heavy (non-hydrogen) atoms. The molecular formula is C25H21ClFP. The summed E-state index contributed by atoms with van der Waals surface area (Å²) in [6.07, 6.45) is 0.866. The van der Waals surface area contributed by atoms with Crippen LogP contribution in [0, 0.1) is 5.82 Å². The molecule has 4 rings (SSSR count). The fraction of sp³-hybridized carbons (Fsp3) is 0.0400. The molecule has 0 N–H and O–H groups in total. The monoisotopic (exact) mass is 406 g/mol. The molecule has 0 aromatic heterocycles. The minimum atomic E-state index is -1.91. The second-order valence-electron chi connectivity index (χ2n) is 6.60. The van der Waals surface area contributed by atoms with Crippen LogP contribution < -0.4 is 28.3 Å². The molecule has 0 radical (unpaired) electrons. The molecule has 140 valence electrons. The standard InChI is InChI=1S/C25H21FP.ClH/c26-22-18-16-21(17-19-22)20-27(23-10-4-1-5-11-23,24-12-6-2-7-13-24)25-14-8-3-9-15-25;/h1-19H,20H2;1H/q+1;/p-1. The molecule has 0 amide bonds. The van der Waals surface area contributed by atoms with Crippen molar-refractivity contribution in [3.8, 4) is 0 Å². The van der Waals surface area contributed by atoms with E-state index in [-0.39, 0.29) is 18.2 Å². The zero-order valence-corrected chi connectivity index (χ0v) is 17.0. The number of hydrogen-bond donors (Lipinski definition) is 0. The van der Waals surface area contributed by atoms with Gasteiger partial charge >= 0.3 is 0 Å². The van der Waals surface area contributed by atoms with E-state index in [1.165, 1.54) is 15.9 Å². The average molecular weight is 407 g/mol. The van der Waals surface area contributed by atoms with Gasteiger partial charge in [-0.3, -0.25) is 0 Å². The molecule has 4 aromatic rings. The average Bonchev–Trinajstić information content (AvgIpc) is 2.75. The van der Waals surface area contributed by atoms with E-state index in [9.17, 15) is 4.39 Å². The van der Waals surface area contributed by atoms with Gasteiger partial charge in [-0.25, -0.2) is 4.39 Å². The summed E-state index contributed by atoms with van der Waals surface area (Å²) in [5, 5.41) is 4.02. The van der Waals surface area contributed by atoms with Crippen LogP contribution in [0.25, 0.3) is 0 Å². The van der Waals surface area contributed by atoms with Crippen molar-refractivity contribution in [2.45, 2.75) is 6.16 Å². The Labute approximate surface area is 172 Å². The topological polar surface area (TPSA) is 0 Å². The molecule has 0 unspecified atom stereocenters. The van der Waals surface area contributed by atoms with Crippen molar-refractivity contribution in [1.82, 2.24) is 0 Å². The molecule has 4 aromatic carbocycles. The highest BCUT2D eigenvalue weighted by molar-refractivity contribution is 7.95. The summed E-state index contributed by atoms with van der Waals surface area (Å²) < 4.78 is 13.5. The first-order valence-corrected chi connectivity index (χ1v) is 11.1. The van der Waals surface area contributed by atoms with Gasteiger partial charge in [0.05, 0.1) is 6.16 Å². The van der Waals surface area contributed by atoms with Crippen LogP contribution in [0.4, 0.5) is 4.39 Å². The minimum Gasteiger partial charge on any atom is -1.00 e. The third-order valence-electron chi connectivity index (χ3n) is 4.92. The molecule has 0 bridgehead atoms. The van der Waals surface area contributed by atoms with E-state index >= 15 is 0 Å². The molecular weight excluding hydrogens is 386 g/mol. The smallest absolute Gasteiger partial charge is 0.123 e. The lowest BCUT2D eigenvalue weighted by Crippen LogP contribution is -3.00. The Morgan fingerprint density at radius 1 is 0.500 bits per heavy atom. The van der Waals surface area contributed by atoms with E-state index in [2.05, 4.69) is 91.0 Å². The Morgan fingerprint density at radius 2 is 0.857 bits per heavy atom. The Kier molecular flexibility index (Phi) is 6.62. The number of rotatable bonds is 5. The number of halogens is 2. The van der Waals surface area contributed by atoms with Crippen molar-refractivity contribution in [3.63, 3.8) is 0 Å². The molecule has 3 heteroatoms. The molecule has 0 aliphatic carbocycles. The van der Waals surface area contributed by atoms with Crippen molar-refractivity contribution in [2.24, 2.45) is 0 Å². The number of benzene rings is 4. The van der Waals surface area contributed by atoms with Gasteiger partial charge in [0.15, 0.2) is 0 Å². The van der Waals surface area contributed by atoms with E-state index in [1.54, 1.807) is 12.1 Å². The van der Waals surface area contributed by atoms with Crippen molar-refractivity contribution in [2.75, 3.05) is 0 Å². The van der Waals surface area contributed by atoms with Gasteiger partial charge in [0.1, 0.15) is 29.0 Å². The summed E-state index contributed by atoms with van der Waals surface area (Å²) in [5.74, 6) is -0.193.